The van der Waals surface area contributed by atoms with E-state index in [9.17, 15) is 13.2 Å². The van der Waals surface area contributed by atoms with Gasteiger partial charge < -0.3 is 9.64 Å². The SMILES string of the molecule is Cc1ccc(S(=O)(=O)NN=Cc2c(N3CCOCC3)nc3ccccn3c2=O)cc1. The highest BCUT2D eigenvalue weighted by Crippen LogP contribution is 2.16. The highest BCUT2D eigenvalue weighted by Gasteiger charge is 2.20. The van der Waals surface area contributed by atoms with Gasteiger partial charge >= 0.3 is 0 Å². The Morgan fingerprint density at radius 2 is 1.87 bits per heavy atom. The molecule has 0 aliphatic carbocycles. The van der Waals surface area contributed by atoms with Gasteiger partial charge in [0.15, 0.2) is 0 Å². The third-order valence-electron chi connectivity index (χ3n) is 4.76. The summed E-state index contributed by atoms with van der Waals surface area (Å²) in [6.45, 7) is 4.06. The van der Waals surface area contributed by atoms with Crippen LogP contribution in [0.4, 0.5) is 5.82 Å². The third kappa shape index (κ3) is 4.05. The minimum absolute atomic E-state index is 0.0898. The molecule has 0 saturated carbocycles. The zero-order valence-electron chi connectivity index (χ0n) is 16.4. The Labute approximate surface area is 173 Å². The molecule has 3 heterocycles. The number of pyridine rings is 1. The van der Waals surface area contributed by atoms with E-state index in [1.165, 1.54) is 22.7 Å². The normalized spacial score (nSPS) is 15.0. The molecule has 30 heavy (non-hydrogen) atoms. The first-order chi connectivity index (χ1) is 14.5. The van der Waals surface area contributed by atoms with Crippen LogP contribution >= 0.6 is 0 Å². The van der Waals surface area contributed by atoms with Crippen molar-refractivity contribution in [2.45, 2.75) is 11.8 Å². The minimum Gasteiger partial charge on any atom is -0.378 e. The number of hydrogen-bond donors (Lipinski definition) is 1. The summed E-state index contributed by atoms with van der Waals surface area (Å²) in [5.41, 5.74) is 1.32. The van der Waals surface area contributed by atoms with Crippen molar-refractivity contribution in [2.75, 3.05) is 31.2 Å². The summed E-state index contributed by atoms with van der Waals surface area (Å²) in [5.74, 6) is 0.452. The Balaban J connectivity index is 1.71. The van der Waals surface area contributed by atoms with Crippen LogP contribution in [-0.2, 0) is 14.8 Å². The van der Waals surface area contributed by atoms with Crippen LogP contribution in [0.25, 0.3) is 5.65 Å². The van der Waals surface area contributed by atoms with Crippen LogP contribution in [-0.4, -0.2) is 50.3 Å². The number of morpholine rings is 1. The minimum atomic E-state index is -3.85. The van der Waals surface area contributed by atoms with Crippen molar-refractivity contribution >= 4 is 27.7 Å². The number of hydrazone groups is 1. The standard InChI is InChI=1S/C20H21N5O4S/c1-15-5-7-16(8-6-15)30(27,28)23-21-14-17-19(24-10-12-29-13-11-24)22-18-4-2-3-9-25(18)20(17)26/h2-9,14,23H,10-13H2,1H3. The van der Waals surface area contributed by atoms with Crippen molar-refractivity contribution in [1.82, 2.24) is 14.2 Å². The molecule has 10 heteroatoms. The van der Waals surface area contributed by atoms with Crippen molar-refractivity contribution in [3.05, 3.63) is 70.1 Å². The first-order valence-corrected chi connectivity index (χ1v) is 10.9. The van der Waals surface area contributed by atoms with Gasteiger partial charge in [-0.1, -0.05) is 23.8 Å². The summed E-state index contributed by atoms with van der Waals surface area (Å²) in [6, 6.07) is 11.7. The van der Waals surface area contributed by atoms with Crippen LogP contribution in [0.15, 0.2) is 63.5 Å². The lowest BCUT2D eigenvalue weighted by molar-refractivity contribution is 0.122. The number of benzene rings is 1. The van der Waals surface area contributed by atoms with Gasteiger partial charge in [0, 0.05) is 19.3 Å². The second-order valence-electron chi connectivity index (χ2n) is 6.85. The van der Waals surface area contributed by atoms with E-state index in [0.29, 0.717) is 37.8 Å². The molecule has 0 radical (unpaired) electrons. The molecule has 0 spiro atoms. The molecule has 0 atom stereocenters. The number of anilines is 1. The average Bonchev–Trinajstić information content (AvgIpc) is 2.76. The van der Waals surface area contributed by atoms with Gasteiger partial charge in [0.1, 0.15) is 17.0 Å². The van der Waals surface area contributed by atoms with Gasteiger partial charge in [0.25, 0.3) is 15.6 Å². The molecule has 156 valence electrons. The predicted octanol–water partition coefficient (Wildman–Crippen LogP) is 1.15. The van der Waals surface area contributed by atoms with E-state index in [4.69, 9.17) is 4.74 Å². The number of nitrogens with one attached hydrogen (secondary N) is 1. The predicted molar refractivity (Wildman–Crippen MR) is 114 cm³/mol. The van der Waals surface area contributed by atoms with Crippen molar-refractivity contribution in [3.8, 4) is 0 Å². The molecule has 0 unspecified atom stereocenters. The molecule has 0 amide bonds. The molecular weight excluding hydrogens is 406 g/mol. The van der Waals surface area contributed by atoms with E-state index >= 15 is 0 Å². The maximum absolute atomic E-state index is 13.1. The van der Waals surface area contributed by atoms with Gasteiger partial charge in [-0.2, -0.15) is 13.5 Å². The van der Waals surface area contributed by atoms with Gasteiger partial charge in [0.05, 0.1) is 24.3 Å². The molecule has 9 nitrogen and oxygen atoms in total. The van der Waals surface area contributed by atoms with E-state index in [-0.39, 0.29) is 16.0 Å². The van der Waals surface area contributed by atoms with Crippen LogP contribution in [0, 0.1) is 6.92 Å². The Hall–Kier alpha value is -3.24. The van der Waals surface area contributed by atoms with Crippen LogP contribution in [0.1, 0.15) is 11.1 Å². The molecule has 1 aliphatic rings. The van der Waals surface area contributed by atoms with Gasteiger partial charge in [-0.05, 0) is 31.2 Å². The van der Waals surface area contributed by atoms with Crippen LogP contribution in [0.3, 0.4) is 0 Å². The molecule has 1 N–H and O–H groups in total. The number of hydrogen-bond acceptors (Lipinski definition) is 7. The fourth-order valence-corrected chi connectivity index (χ4v) is 3.94. The van der Waals surface area contributed by atoms with Crippen LogP contribution < -0.4 is 15.3 Å². The number of fused-ring (bicyclic) bond motifs is 1. The zero-order valence-corrected chi connectivity index (χ0v) is 17.2. The highest BCUT2D eigenvalue weighted by molar-refractivity contribution is 7.89. The third-order valence-corrected chi connectivity index (χ3v) is 6.00. The molecule has 3 aromatic rings. The largest absolute Gasteiger partial charge is 0.378 e. The summed E-state index contributed by atoms with van der Waals surface area (Å²) < 4.78 is 31.7. The number of ether oxygens (including phenoxy) is 1. The lowest BCUT2D eigenvalue weighted by Gasteiger charge is -2.28. The van der Waals surface area contributed by atoms with Crippen LogP contribution in [0.5, 0.6) is 0 Å². The highest BCUT2D eigenvalue weighted by atomic mass is 32.2. The number of sulfonamides is 1. The van der Waals surface area contributed by atoms with E-state index in [0.717, 1.165) is 5.56 Å². The fourth-order valence-electron chi connectivity index (χ4n) is 3.15. The molecule has 2 aromatic heterocycles. The molecule has 0 bridgehead atoms. The van der Waals surface area contributed by atoms with Gasteiger partial charge in [-0.15, -0.1) is 0 Å². The Kier molecular flexibility index (Phi) is 5.51. The topological polar surface area (TPSA) is 105 Å². The zero-order chi connectivity index (χ0) is 21.1. The first-order valence-electron chi connectivity index (χ1n) is 9.41. The lowest BCUT2D eigenvalue weighted by atomic mass is 10.2. The Morgan fingerprint density at radius 1 is 1.13 bits per heavy atom. The molecule has 1 saturated heterocycles. The number of aryl methyl sites for hydroxylation is 1. The summed E-state index contributed by atoms with van der Waals surface area (Å²) in [6.07, 6.45) is 2.83. The summed E-state index contributed by atoms with van der Waals surface area (Å²) in [4.78, 5) is 21.9. The smallest absolute Gasteiger partial charge is 0.276 e. The monoisotopic (exact) mass is 427 g/mol. The maximum atomic E-state index is 13.1. The Morgan fingerprint density at radius 3 is 2.60 bits per heavy atom. The van der Waals surface area contributed by atoms with Crippen molar-refractivity contribution in [3.63, 3.8) is 0 Å². The van der Waals surface area contributed by atoms with E-state index in [1.807, 2.05) is 11.8 Å². The van der Waals surface area contributed by atoms with E-state index in [1.54, 1.807) is 36.5 Å². The molecule has 1 aliphatic heterocycles. The number of rotatable bonds is 5. The van der Waals surface area contributed by atoms with E-state index in [2.05, 4.69) is 14.9 Å². The average molecular weight is 427 g/mol. The quantitative estimate of drug-likeness (QED) is 0.484. The maximum Gasteiger partial charge on any atom is 0.276 e. The fraction of sp³-hybridized carbons (Fsp3) is 0.250. The molecule has 1 fully saturated rings. The molecule has 4 rings (SSSR count). The molecule has 1 aromatic carbocycles. The van der Waals surface area contributed by atoms with Gasteiger partial charge in [-0.3, -0.25) is 9.20 Å². The molecular formula is C20H21N5O4S. The van der Waals surface area contributed by atoms with Gasteiger partial charge in [0.2, 0.25) is 0 Å². The van der Waals surface area contributed by atoms with E-state index < -0.39 is 10.0 Å². The lowest BCUT2D eigenvalue weighted by Crippen LogP contribution is -2.39. The number of aromatic nitrogens is 2. The second-order valence-corrected chi connectivity index (χ2v) is 8.51. The number of nitrogens with zero attached hydrogens (tertiary/aromatic N) is 4. The summed E-state index contributed by atoms with van der Waals surface area (Å²) >= 11 is 0. The van der Waals surface area contributed by atoms with Crippen LogP contribution in [0.2, 0.25) is 0 Å². The first kappa shape index (κ1) is 20.0. The van der Waals surface area contributed by atoms with Crippen molar-refractivity contribution < 1.29 is 13.2 Å². The van der Waals surface area contributed by atoms with Crippen molar-refractivity contribution in [2.24, 2.45) is 5.10 Å². The summed E-state index contributed by atoms with van der Waals surface area (Å²) in [7, 11) is -3.85. The van der Waals surface area contributed by atoms with Crippen molar-refractivity contribution in [1.29, 1.82) is 0 Å². The van der Waals surface area contributed by atoms with Gasteiger partial charge in [-0.25, -0.2) is 9.82 Å². The Bertz CT molecular complexity index is 1250. The second kappa shape index (κ2) is 8.25. The summed E-state index contributed by atoms with van der Waals surface area (Å²) in [5, 5.41) is 3.86.